The third kappa shape index (κ3) is 6.55. The summed E-state index contributed by atoms with van der Waals surface area (Å²) in [5.74, 6) is 0.982. The van der Waals surface area contributed by atoms with Crippen molar-refractivity contribution in [2.75, 3.05) is 34.5 Å². The van der Waals surface area contributed by atoms with Gasteiger partial charge in [0.25, 0.3) is 5.91 Å². The summed E-state index contributed by atoms with van der Waals surface area (Å²) in [7, 11) is 4.97. The van der Waals surface area contributed by atoms with E-state index >= 15 is 0 Å². The number of halogens is 1. The minimum absolute atomic E-state index is 0.116. The number of nitrogens with zero attached hydrogens (tertiary/aromatic N) is 2. The van der Waals surface area contributed by atoms with Gasteiger partial charge in [0.2, 0.25) is 5.88 Å². The van der Waals surface area contributed by atoms with Crippen molar-refractivity contribution in [2.45, 2.75) is 52.4 Å². The summed E-state index contributed by atoms with van der Waals surface area (Å²) in [5, 5.41) is 0.462. The molecule has 1 atom stereocenters. The molecule has 0 saturated carbocycles. The number of hydrogen-bond donors (Lipinski definition) is 0. The number of hydrogen-bond acceptors (Lipinski definition) is 6. The van der Waals surface area contributed by atoms with Gasteiger partial charge in [0, 0.05) is 44.7 Å². The Kier molecular flexibility index (Phi) is 9.83. The molecule has 0 spiro atoms. The van der Waals surface area contributed by atoms with Gasteiger partial charge in [-0.3, -0.25) is 4.79 Å². The van der Waals surface area contributed by atoms with Crippen LogP contribution in [0.4, 0.5) is 0 Å². The molecule has 2 aromatic carbocycles. The first-order valence-corrected chi connectivity index (χ1v) is 13.6. The number of aromatic nitrogens is 1. The Labute approximate surface area is 236 Å². The van der Waals surface area contributed by atoms with E-state index in [9.17, 15) is 4.79 Å². The summed E-state index contributed by atoms with van der Waals surface area (Å²) in [5.41, 5.74) is 5.96. The number of pyridine rings is 1. The third-order valence-electron chi connectivity index (χ3n) is 7.16. The van der Waals surface area contributed by atoms with Gasteiger partial charge in [0.15, 0.2) is 0 Å². The van der Waals surface area contributed by atoms with Crippen LogP contribution in [0.2, 0.25) is 5.02 Å². The molecule has 1 amide bonds. The van der Waals surface area contributed by atoms with Gasteiger partial charge in [0.05, 0.1) is 35.9 Å². The number of carbonyl (C=O) groups excluding carboxylic acids is 1. The lowest BCUT2D eigenvalue weighted by Crippen LogP contribution is -2.38. The second-order valence-corrected chi connectivity index (χ2v) is 10.2. The summed E-state index contributed by atoms with van der Waals surface area (Å²) in [6, 6.07) is 13.8. The molecular weight excluding hydrogens is 516 g/mol. The zero-order valence-electron chi connectivity index (χ0n) is 23.4. The van der Waals surface area contributed by atoms with Crippen molar-refractivity contribution in [2.24, 2.45) is 0 Å². The first-order valence-electron chi connectivity index (χ1n) is 13.2. The number of methoxy groups -OCH3 is 3. The normalized spacial score (nSPS) is 13.8. The molecule has 4 rings (SSSR count). The summed E-state index contributed by atoms with van der Waals surface area (Å²) in [6.07, 6.45) is 2.05. The van der Waals surface area contributed by atoms with E-state index in [0.29, 0.717) is 54.9 Å². The maximum absolute atomic E-state index is 14.0. The van der Waals surface area contributed by atoms with Crippen molar-refractivity contribution in [3.05, 3.63) is 86.6 Å². The summed E-state index contributed by atoms with van der Waals surface area (Å²) >= 11 is 6.96. The molecule has 208 valence electrons. The minimum atomic E-state index is -0.223. The monoisotopic (exact) mass is 552 g/mol. The number of carbonyl (C=O) groups is 1. The fourth-order valence-electron chi connectivity index (χ4n) is 5.11. The Morgan fingerprint density at radius 2 is 1.87 bits per heavy atom. The molecule has 8 heteroatoms. The maximum atomic E-state index is 14.0. The zero-order valence-corrected chi connectivity index (χ0v) is 24.1. The molecule has 0 saturated heterocycles. The first kappa shape index (κ1) is 28.9. The fraction of sp³-hybridized carbons (Fsp3) is 0.419. The maximum Gasteiger partial charge on any atom is 0.255 e. The Morgan fingerprint density at radius 1 is 1.10 bits per heavy atom. The van der Waals surface area contributed by atoms with Crippen LogP contribution in [0.15, 0.2) is 42.5 Å². The Morgan fingerprint density at radius 3 is 2.56 bits per heavy atom. The lowest BCUT2D eigenvalue weighted by Gasteiger charge is -2.32. The lowest BCUT2D eigenvalue weighted by atomic mass is 9.89. The molecule has 1 aromatic heterocycles. The van der Waals surface area contributed by atoms with Crippen molar-refractivity contribution in [1.29, 1.82) is 0 Å². The van der Waals surface area contributed by atoms with E-state index in [1.165, 1.54) is 0 Å². The van der Waals surface area contributed by atoms with Crippen LogP contribution in [0.3, 0.4) is 0 Å². The van der Waals surface area contributed by atoms with Gasteiger partial charge in [-0.05, 0) is 49.8 Å². The molecule has 1 aliphatic heterocycles. The molecule has 0 unspecified atom stereocenters. The number of rotatable bonds is 12. The molecule has 0 bridgehead atoms. The van der Waals surface area contributed by atoms with Gasteiger partial charge in [-0.15, -0.1) is 0 Å². The second kappa shape index (κ2) is 13.3. The van der Waals surface area contributed by atoms with Crippen molar-refractivity contribution >= 4 is 17.5 Å². The predicted molar refractivity (Wildman–Crippen MR) is 152 cm³/mol. The van der Waals surface area contributed by atoms with Crippen LogP contribution in [-0.4, -0.2) is 50.3 Å². The highest BCUT2D eigenvalue weighted by Gasteiger charge is 2.32. The van der Waals surface area contributed by atoms with Crippen molar-refractivity contribution in [3.8, 4) is 11.6 Å². The lowest BCUT2D eigenvalue weighted by molar-refractivity contribution is 0.0719. The van der Waals surface area contributed by atoms with Crippen LogP contribution in [0, 0.1) is 13.8 Å². The van der Waals surface area contributed by atoms with Crippen molar-refractivity contribution < 1.29 is 23.7 Å². The molecule has 3 aromatic rings. The van der Waals surface area contributed by atoms with Crippen LogP contribution in [0.5, 0.6) is 11.6 Å². The fourth-order valence-corrected chi connectivity index (χ4v) is 5.48. The van der Waals surface area contributed by atoms with Crippen LogP contribution >= 0.6 is 11.6 Å². The van der Waals surface area contributed by atoms with E-state index in [2.05, 4.69) is 11.1 Å². The summed E-state index contributed by atoms with van der Waals surface area (Å²) in [6.45, 7) is 5.77. The van der Waals surface area contributed by atoms with Crippen LogP contribution in [0.25, 0.3) is 0 Å². The summed E-state index contributed by atoms with van der Waals surface area (Å²) < 4.78 is 22.9. The van der Waals surface area contributed by atoms with Crippen LogP contribution in [0.1, 0.15) is 62.8 Å². The van der Waals surface area contributed by atoms with Crippen molar-refractivity contribution in [3.63, 3.8) is 0 Å². The number of fused-ring (bicyclic) bond motifs is 1. The highest BCUT2D eigenvalue weighted by molar-refractivity contribution is 6.35. The number of ether oxygens (including phenoxy) is 4. The highest BCUT2D eigenvalue weighted by Crippen LogP contribution is 2.39. The van der Waals surface area contributed by atoms with Gasteiger partial charge in [-0.2, -0.15) is 0 Å². The Hall–Kier alpha value is -3.13. The van der Waals surface area contributed by atoms with Gasteiger partial charge < -0.3 is 23.8 Å². The molecule has 1 aliphatic rings. The molecule has 0 aliphatic carbocycles. The van der Waals surface area contributed by atoms with Gasteiger partial charge in [-0.1, -0.05) is 48.0 Å². The zero-order chi connectivity index (χ0) is 27.9. The molecule has 0 fully saturated rings. The SMILES string of the molecule is COCCC[C@H](OC)c1cc(C)c2c(c1Cl)C(=O)N(Cc1c(OC)cc(C)nc1OCc1ccccc1)CC2. The molecule has 0 radical (unpaired) electrons. The topological polar surface area (TPSA) is 70.1 Å². The molecule has 7 nitrogen and oxygen atoms in total. The first-order chi connectivity index (χ1) is 18.9. The molecule has 39 heavy (non-hydrogen) atoms. The van der Waals surface area contributed by atoms with Gasteiger partial charge in [0.1, 0.15) is 12.4 Å². The predicted octanol–water partition coefficient (Wildman–Crippen LogP) is 6.25. The molecular formula is C31H37ClN2O5. The van der Waals surface area contributed by atoms with Crippen molar-refractivity contribution in [1.82, 2.24) is 9.88 Å². The molecule has 0 N–H and O–H groups in total. The minimum Gasteiger partial charge on any atom is -0.496 e. The second-order valence-electron chi connectivity index (χ2n) is 9.81. The third-order valence-corrected chi connectivity index (χ3v) is 7.57. The standard InChI is InChI=1S/C31H37ClN2O5/c1-20-16-24(26(37-4)12-9-15-36-3)29(32)28-23(20)13-14-34(31(28)35)18-25-27(38-5)17-21(2)33-30(25)39-19-22-10-7-6-8-11-22/h6-8,10-11,16-17,26H,9,12-15,18-19H2,1-5H3/t26-/m0/s1. The number of amides is 1. The quantitative estimate of drug-likeness (QED) is 0.247. The molecule has 2 heterocycles. The Bertz CT molecular complexity index is 1300. The van der Waals surface area contributed by atoms with Crippen LogP contribution in [-0.2, 0) is 29.0 Å². The number of benzene rings is 2. The number of aryl methyl sites for hydroxylation is 2. The average molecular weight is 553 g/mol. The average Bonchev–Trinajstić information content (AvgIpc) is 2.94. The van der Waals surface area contributed by atoms with E-state index in [1.54, 1.807) is 26.2 Å². The summed E-state index contributed by atoms with van der Waals surface area (Å²) in [4.78, 5) is 20.4. The van der Waals surface area contributed by atoms with E-state index in [0.717, 1.165) is 46.4 Å². The van der Waals surface area contributed by atoms with Gasteiger partial charge in [-0.25, -0.2) is 4.98 Å². The van der Waals surface area contributed by atoms with E-state index < -0.39 is 0 Å². The van der Waals surface area contributed by atoms with E-state index in [-0.39, 0.29) is 12.0 Å². The van der Waals surface area contributed by atoms with E-state index in [1.807, 2.05) is 50.2 Å². The van der Waals surface area contributed by atoms with E-state index in [4.69, 9.17) is 30.5 Å². The highest BCUT2D eigenvalue weighted by atomic mass is 35.5. The largest absolute Gasteiger partial charge is 0.496 e. The smallest absolute Gasteiger partial charge is 0.255 e. The van der Waals surface area contributed by atoms with Crippen LogP contribution < -0.4 is 9.47 Å². The van der Waals surface area contributed by atoms with Gasteiger partial charge >= 0.3 is 0 Å². The Balaban J connectivity index is 1.64.